The second-order valence-electron chi connectivity index (χ2n) is 8.04. The minimum atomic E-state index is -0.0288. The molecule has 1 aromatic heterocycles. The number of carbonyl (C=O) groups excluding carboxylic acids is 1. The van der Waals surface area contributed by atoms with Gasteiger partial charge in [0.2, 0.25) is 0 Å². The molecule has 1 unspecified atom stereocenters. The lowest BCUT2D eigenvalue weighted by molar-refractivity contribution is 0.0933. The topological polar surface area (TPSA) is 50.2 Å². The summed E-state index contributed by atoms with van der Waals surface area (Å²) in [6.45, 7) is 2.85. The molecule has 5 nitrogen and oxygen atoms in total. The molecule has 0 spiro atoms. The molecule has 1 N–H and O–H groups in total. The predicted molar refractivity (Wildman–Crippen MR) is 107 cm³/mol. The third-order valence-corrected chi connectivity index (χ3v) is 6.02. The predicted octanol–water partition coefficient (Wildman–Crippen LogP) is 3.35. The molecule has 1 heterocycles. The van der Waals surface area contributed by atoms with Crippen molar-refractivity contribution >= 4 is 5.91 Å². The number of benzene rings is 1. The second-order valence-corrected chi connectivity index (χ2v) is 8.04. The Morgan fingerprint density at radius 2 is 1.96 bits per heavy atom. The smallest absolute Gasteiger partial charge is 0.272 e. The van der Waals surface area contributed by atoms with Crippen molar-refractivity contribution in [3.8, 4) is 5.69 Å². The first-order valence-corrected chi connectivity index (χ1v) is 10.3. The largest absolute Gasteiger partial charge is 0.349 e. The number of amides is 1. The highest BCUT2D eigenvalue weighted by Crippen LogP contribution is 2.28. The SMILES string of the molecule is CC(CNC(=O)c1nn(-c2ccccc2)c2c1CCCCC2)N(C)C1CC1. The van der Waals surface area contributed by atoms with Gasteiger partial charge in [0, 0.05) is 29.9 Å². The Labute approximate surface area is 161 Å². The first kappa shape index (κ1) is 18.2. The van der Waals surface area contributed by atoms with Crippen LogP contribution in [0.5, 0.6) is 0 Å². The van der Waals surface area contributed by atoms with Crippen LogP contribution in [0.4, 0.5) is 0 Å². The van der Waals surface area contributed by atoms with Gasteiger partial charge in [-0.1, -0.05) is 24.6 Å². The van der Waals surface area contributed by atoms with Crippen LogP contribution < -0.4 is 5.32 Å². The van der Waals surface area contributed by atoms with Gasteiger partial charge >= 0.3 is 0 Å². The molecule has 4 rings (SSSR count). The number of nitrogens with one attached hydrogen (secondary N) is 1. The number of para-hydroxylation sites is 1. The van der Waals surface area contributed by atoms with E-state index in [0.29, 0.717) is 24.3 Å². The minimum absolute atomic E-state index is 0.0288. The fraction of sp³-hybridized carbons (Fsp3) is 0.545. The first-order valence-electron chi connectivity index (χ1n) is 10.3. The minimum Gasteiger partial charge on any atom is -0.349 e. The summed E-state index contributed by atoms with van der Waals surface area (Å²) in [6, 6.07) is 11.2. The summed E-state index contributed by atoms with van der Waals surface area (Å²) < 4.78 is 2.00. The summed E-state index contributed by atoms with van der Waals surface area (Å²) >= 11 is 0. The molecule has 144 valence electrons. The molecule has 0 aliphatic heterocycles. The Morgan fingerprint density at radius 3 is 2.70 bits per heavy atom. The van der Waals surface area contributed by atoms with E-state index >= 15 is 0 Å². The number of fused-ring (bicyclic) bond motifs is 1. The third kappa shape index (κ3) is 3.93. The van der Waals surface area contributed by atoms with Crippen LogP contribution in [-0.4, -0.2) is 46.3 Å². The summed E-state index contributed by atoms with van der Waals surface area (Å²) in [7, 11) is 2.16. The maximum atomic E-state index is 13.0. The lowest BCUT2D eigenvalue weighted by Crippen LogP contribution is -2.41. The standard InChI is InChI=1S/C22H30N4O/c1-16(25(2)17-13-14-17)15-23-22(27)21-19-11-7-4-8-12-20(19)26(24-21)18-9-5-3-6-10-18/h3,5-6,9-10,16-17H,4,7-8,11-15H2,1-2H3,(H,23,27). The zero-order valence-corrected chi connectivity index (χ0v) is 16.4. The van der Waals surface area contributed by atoms with Gasteiger partial charge in [-0.15, -0.1) is 0 Å². The molecule has 1 amide bonds. The molecular weight excluding hydrogens is 336 g/mol. The molecule has 5 heteroatoms. The highest BCUT2D eigenvalue weighted by molar-refractivity contribution is 5.94. The average molecular weight is 367 g/mol. The van der Waals surface area contributed by atoms with Crippen molar-refractivity contribution in [2.45, 2.75) is 64.0 Å². The summed E-state index contributed by atoms with van der Waals surface area (Å²) in [6.07, 6.45) is 8.01. The Hall–Kier alpha value is -2.14. The molecule has 2 aliphatic carbocycles. The van der Waals surface area contributed by atoms with Crippen LogP contribution >= 0.6 is 0 Å². The summed E-state index contributed by atoms with van der Waals surface area (Å²) in [4.78, 5) is 15.4. The third-order valence-electron chi connectivity index (χ3n) is 6.02. The van der Waals surface area contributed by atoms with E-state index in [1.807, 2.05) is 22.9 Å². The van der Waals surface area contributed by atoms with E-state index in [9.17, 15) is 4.79 Å². The molecule has 2 aromatic rings. The zero-order valence-electron chi connectivity index (χ0n) is 16.4. The molecular formula is C22H30N4O. The number of nitrogens with zero attached hydrogens (tertiary/aromatic N) is 3. The quantitative estimate of drug-likeness (QED) is 0.798. The highest BCUT2D eigenvalue weighted by atomic mass is 16.2. The van der Waals surface area contributed by atoms with Crippen LogP contribution in [0, 0.1) is 0 Å². The van der Waals surface area contributed by atoms with E-state index in [1.165, 1.54) is 25.0 Å². The fourth-order valence-corrected chi connectivity index (χ4v) is 4.05. The molecule has 0 radical (unpaired) electrons. The summed E-state index contributed by atoms with van der Waals surface area (Å²) in [5.74, 6) is -0.0288. The van der Waals surface area contributed by atoms with Crippen LogP contribution in [0.1, 0.15) is 60.8 Å². The monoisotopic (exact) mass is 366 g/mol. The normalized spacial score (nSPS) is 18.0. The summed E-state index contributed by atoms with van der Waals surface area (Å²) in [5, 5.41) is 7.91. The van der Waals surface area contributed by atoms with Crippen LogP contribution in [0.25, 0.3) is 5.69 Å². The first-order chi connectivity index (χ1) is 13.1. The van der Waals surface area contributed by atoms with Crippen molar-refractivity contribution in [3.63, 3.8) is 0 Å². The molecule has 0 bridgehead atoms. The second kappa shape index (κ2) is 7.85. The molecule has 1 atom stereocenters. The number of likely N-dealkylation sites (N-methyl/N-ethyl adjacent to an activating group) is 1. The van der Waals surface area contributed by atoms with Gasteiger partial charge in [0.15, 0.2) is 5.69 Å². The van der Waals surface area contributed by atoms with E-state index in [1.54, 1.807) is 0 Å². The van der Waals surface area contributed by atoms with Crippen LogP contribution in [0.15, 0.2) is 30.3 Å². The van der Waals surface area contributed by atoms with Crippen LogP contribution in [-0.2, 0) is 12.8 Å². The molecule has 1 saturated carbocycles. The lowest BCUT2D eigenvalue weighted by atomic mass is 10.1. The average Bonchev–Trinajstić information content (AvgIpc) is 3.51. The Morgan fingerprint density at radius 1 is 1.22 bits per heavy atom. The van der Waals surface area contributed by atoms with Crippen molar-refractivity contribution < 1.29 is 4.79 Å². The Kier molecular flexibility index (Phi) is 5.30. The highest BCUT2D eigenvalue weighted by Gasteiger charge is 2.30. The van der Waals surface area contributed by atoms with E-state index in [4.69, 9.17) is 5.10 Å². The van der Waals surface area contributed by atoms with Gasteiger partial charge in [-0.25, -0.2) is 4.68 Å². The molecule has 2 aliphatic rings. The number of rotatable bonds is 6. The van der Waals surface area contributed by atoms with Gasteiger partial charge in [-0.05, 0) is 64.6 Å². The Bertz CT molecular complexity index is 794. The number of carbonyl (C=O) groups is 1. The Balaban J connectivity index is 1.56. The number of hydrogen-bond acceptors (Lipinski definition) is 3. The van der Waals surface area contributed by atoms with E-state index in [0.717, 1.165) is 36.9 Å². The van der Waals surface area contributed by atoms with Crippen molar-refractivity contribution in [2.75, 3.05) is 13.6 Å². The number of aromatic nitrogens is 2. The molecule has 1 fully saturated rings. The van der Waals surface area contributed by atoms with Gasteiger partial charge in [0.1, 0.15) is 0 Å². The fourth-order valence-electron chi connectivity index (χ4n) is 4.05. The van der Waals surface area contributed by atoms with Gasteiger partial charge < -0.3 is 5.32 Å². The summed E-state index contributed by atoms with van der Waals surface area (Å²) in [5.41, 5.74) is 4.03. The zero-order chi connectivity index (χ0) is 18.8. The van der Waals surface area contributed by atoms with Crippen molar-refractivity contribution in [3.05, 3.63) is 47.3 Å². The van der Waals surface area contributed by atoms with Gasteiger partial charge in [0.05, 0.1) is 5.69 Å². The van der Waals surface area contributed by atoms with Gasteiger partial charge in [0.25, 0.3) is 5.91 Å². The van der Waals surface area contributed by atoms with Gasteiger partial charge in [-0.3, -0.25) is 9.69 Å². The van der Waals surface area contributed by atoms with E-state index in [-0.39, 0.29) is 5.91 Å². The van der Waals surface area contributed by atoms with Crippen LogP contribution in [0.3, 0.4) is 0 Å². The maximum absolute atomic E-state index is 13.0. The molecule has 0 saturated heterocycles. The van der Waals surface area contributed by atoms with Crippen LogP contribution in [0.2, 0.25) is 0 Å². The van der Waals surface area contributed by atoms with Crippen molar-refractivity contribution in [1.82, 2.24) is 20.0 Å². The van der Waals surface area contributed by atoms with Crippen molar-refractivity contribution in [1.29, 1.82) is 0 Å². The van der Waals surface area contributed by atoms with Crippen molar-refractivity contribution in [2.24, 2.45) is 0 Å². The van der Waals surface area contributed by atoms with E-state index in [2.05, 4.69) is 36.3 Å². The number of hydrogen-bond donors (Lipinski definition) is 1. The van der Waals surface area contributed by atoms with Gasteiger partial charge in [-0.2, -0.15) is 5.10 Å². The lowest BCUT2D eigenvalue weighted by Gasteiger charge is -2.24. The maximum Gasteiger partial charge on any atom is 0.272 e. The molecule has 27 heavy (non-hydrogen) atoms. The van der Waals surface area contributed by atoms with E-state index < -0.39 is 0 Å². The molecule has 1 aromatic carbocycles.